The number of thiazole rings is 1. The van der Waals surface area contributed by atoms with E-state index >= 15 is 0 Å². The van der Waals surface area contributed by atoms with Gasteiger partial charge in [0.05, 0.1) is 29.5 Å². The lowest BCUT2D eigenvalue weighted by Crippen LogP contribution is -2.37. The summed E-state index contributed by atoms with van der Waals surface area (Å²) in [5.41, 5.74) is 9.41. The molecule has 0 radical (unpaired) electrons. The van der Waals surface area contributed by atoms with Crippen LogP contribution in [0.3, 0.4) is 0 Å². The van der Waals surface area contributed by atoms with Gasteiger partial charge in [0.25, 0.3) is 0 Å². The lowest BCUT2D eigenvalue weighted by molar-refractivity contribution is 0.174. The Kier molecular flexibility index (Phi) is 3.34. The van der Waals surface area contributed by atoms with Gasteiger partial charge in [-0.1, -0.05) is 16.5 Å². The van der Waals surface area contributed by atoms with Crippen LogP contribution in [0, 0.1) is 5.92 Å². The highest BCUT2D eigenvalue weighted by Gasteiger charge is 2.53. The molecule has 134 valence electrons. The smallest absolute Gasteiger partial charge is 0.324 e. The Morgan fingerprint density at radius 2 is 2.38 bits per heavy atom. The van der Waals surface area contributed by atoms with Crippen molar-refractivity contribution in [3.63, 3.8) is 0 Å². The summed E-state index contributed by atoms with van der Waals surface area (Å²) in [4.78, 5) is 21.5. The minimum Gasteiger partial charge on any atom is -0.454 e. The number of ether oxygens (including phenoxy) is 2. The second kappa shape index (κ2) is 5.61. The van der Waals surface area contributed by atoms with Crippen molar-refractivity contribution >= 4 is 32.7 Å². The van der Waals surface area contributed by atoms with E-state index in [1.165, 1.54) is 11.3 Å². The molecule has 5 rings (SSSR count). The summed E-state index contributed by atoms with van der Waals surface area (Å²) in [6.07, 6.45) is 0.414. The average molecular weight is 376 g/mol. The first-order chi connectivity index (χ1) is 12.7. The van der Waals surface area contributed by atoms with Crippen molar-refractivity contribution in [2.45, 2.75) is 24.5 Å². The number of azide groups is 1. The van der Waals surface area contributed by atoms with Gasteiger partial charge in [-0.15, -0.1) is 0 Å². The third-order valence-corrected chi connectivity index (χ3v) is 6.14. The number of alkyl halides is 1. The summed E-state index contributed by atoms with van der Waals surface area (Å²) in [7, 11) is 0. The Morgan fingerprint density at radius 1 is 1.50 bits per heavy atom. The van der Waals surface area contributed by atoms with Crippen molar-refractivity contribution in [3.05, 3.63) is 22.6 Å². The Bertz CT molecular complexity index is 960. The number of nitrogens with one attached hydrogen (secondary N) is 1. The molecule has 2 aliphatic heterocycles. The van der Waals surface area contributed by atoms with Crippen molar-refractivity contribution < 1.29 is 18.7 Å². The maximum Gasteiger partial charge on any atom is 0.324 e. The topological polar surface area (TPSA) is 112 Å². The van der Waals surface area contributed by atoms with Gasteiger partial charge in [-0.2, -0.15) is 0 Å². The highest BCUT2D eigenvalue weighted by atomic mass is 32.1. The lowest BCUT2D eigenvalue weighted by atomic mass is 10.1. The van der Waals surface area contributed by atoms with Crippen LogP contribution < -0.4 is 19.7 Å². The fraction of sp³-hybridized carbons (Fsp3) is 0.467. The van der Waals surface area contributed by atoms with Crippen molar-refractivity contribution in [2.75, 3.05) is 18.4 Å². The summed E-state index contributed by atoms with van der Waals surface area (Å²) in [6, 6.07) is 2.05. The number of urea groups is 1. The van der Waals surface area contributed by atoms with Crippen molar-refractivity contribution in [1.29, 1.82) is 0 Å². The summed E-state index contributed by atoms with van der Waals surface area (Å²) in [5, 5.41) is 7.05. The molecular weight excluding hydrogens is 363 g/mol. The molecule has 0 spiro atoms. The molecule has 3 heterocycles. The molecule has 0 unspecified atom stereocenters. The molecule has 9 nitrogen and oxygen atoms in total. The second-order valence-electron chi connectivity index (χ2n) is 6.40. The van der Waals surface area contributed by atoms with Crippen LogP contribution >= 0.6 is 11.3 Å². The van der Waals surface area contributed by atoms with Crippen molar-refractivity contribution in [2.24, 2.45) is 11.0 Å². The number of nitrogens with zero attached hydrogens (tertiary/aromatic N) is 5. The number of aromatic nitrogens is 1. The van der Waals surface area contributed by atoms with E-state index in [0.29, 0.717) is 28.6 Å². The van der Waals surface area contributed by atoms with E-state index in [4.69, 9.17) is 15.0 Å². The molecule has 2 amide bonds. The van der Waals surface area contributed by atoms with E-state index in [0.717, 1.165) is 4.70 Å². The minimum absolute atomic E-state index is 0.141. The van der Waals surface area contributed by atoms with E-state index < -0.39 is 24.7 Å². The zero-order valence-corrected chi connectivity index (χ0v) is 14.1. The Balaban J connectivity index is 1.55. The number of hydrogen-bond acceptors (Lipinski definition) is 6. The number of carbonyl (C=O) groups is 1. The monoisotopic (exact) mass is 376 g/mol. The lowest BCUT2D eigenvalue weighted by Gasteiger charge is -2.19. The number of amides is 2. The fourth-order valence-corrected chi connectivity index (χ4v) is 5.01. The van der Waals surface area contributed by atoms with Crippen LogP contribution in [0.25, 0.3) is 20.7 Å². The molecule has 2 aromatic rings. The summed E-state index contributed by atoms with van der Waals surface area (Å²) in [6.45, 7) is -0.457. The predicted octanol–water partition coefficient (Wildman–Crippen LogP) is 2.96. The molecule has 0 bridgehead atoms. The molecule has 1 N–H and O–H groups in total. The minimum atomic E-state index is -0.598. The molecule has 2 fully saturated rings. The van der Waals surface area contributed by atoms with Gasteiger partial charge < -0.3 is 14.8 Å². The third-order valence-electron chi connectivity index (χ3n) is 5.12. The van der Waals surface area contributed by atoms with Crippen LogP contribution in [0.1, 0.15) is 6.42 Å². The molecule has 1 aliphatic carbocycles. The number of carbonyl (C=O) groups excluding carboxylic acids is 1. The van der Waals surface area contributed by atoms with E-state index in [2.05, 4.69) is 20.3 Å². The Morgan fingerprint density at radius 3 is 3.19 bits per heavy atom. The molecule has 1 aromatic carbocycles. The van der Waals surface area contributed by atoms with E-state index in [1.807, 2.05) is 12.1 Å². The van der Waals surface area contributed by atoms with Crippen LogP contribution in [-0.2, 0) is 0 Å². The molecular formula is C15H13FN6O3S. The van der Waals surface area contributed by atoms with E-state index in [1.54, 1.807) is 4.90 Å². The van der Waals surface area contributed by atoms with Crippen LogP contribution in [0.15, 0.2) is 17.2 Å². The molecule has 26 heavy (non-hydrogen) atoms. The largest absolute Gasteiger partial charge is 0.454 e. The normalized spacial score (nSPS) is 29.0. The zero-order valence-electron chi connectivity index (χ0n) is 13.3. The molecule has 11 heteroatoms. The van der Waals surface area contributed by atoms with Crippen LogP contribution in [0.5, 0.6) is 11.5 Å². The highest BCUT2D eigenvalue weighted by molar-refractivity contribution is 7.22. The molecule has 1 saturated heterocycles. The summed E-state index contributed by atoms with van der Waals surface area (Å²) in [5.74, 6) is 0.778. The molecule has 4 atom stereocenters. The number of halogens is 1. The molecule has 1 saturated carbocycles. The Hall–Kier alpha value is -2.78. The quantitative estimate of drug-likeness (QED) is 0.504. The molecule has 3 aliphatic rings. The average Bonchev–Trinajstić information content (AvgIpc) is 3.36. The van der Waals surface area contributed by atoms with Gasteiger partial charge >= 0.3 is 6.03 Å². The van der Waals surface area contributed by atoms with Crippen LogP contribution in [0.2, 0.25) is 0 Å². The van der Waals surface area contributed by atoms with Crippen molar-refractivity contribution in [1.82, 2.24) is 10.3 Å². The molecule has 1 aromatic heterocycles. The number of rotatable bonds is 3. The third kappa shape index (κ3) is 2.04. The number of fused-ring (bicyclic) bond motifs is 4. The maximum atomic E-state index is 13.4. The van der Waals surface area contributed by atoms with Gasteiger partial charge in [0.1, 0.15) is 5.52 Å². The summed E-state index contributed by atoms with van der Waals surface area (Å²) < 4.78 is 25.1. The van der Waals surface area contributed by atoms with Gasteiger partial charge in [0.2, 0.25) is 6.79 Å². The standard InChI is InChI=1S/C15H13FN6O3S/c16-4-6-3-7-11(10(6)20-21-17)18-14(23)22(7)15-19-12-9(26-15)2-1-8-13(12)25-5-24-8/h1-2,6-7,10-11H,3-5H2,(H,18,23)/t6-,7-,10-,11-/m1/s1. The first kappa shape index (κ1) is 15.5. The van der Waals surface area contributed by atoms with Gasteiger partial charge in [-0.3, -0.25) is 9.29 Å². The summed E-state index contributed by atoms with van der Waals surface area (Å²) >= 11 is 1.36. The predicted molar refractivity (Wildman–Crippen MR) is 91.3 cm³/mol. The maximum absolute atomic E-state index is 13.4. The van der Waals surface area contributed by atoms with Gasteiger partial charge in [-0.05, 0) is 30.0 Å². The first-order valence-electron chi connectivity index (χ1n) is 8.10. The number of hydrogen-bond donors (Lipinski definition) is 1. The van der Waals surface area contributed by atoms with Gasteiger partial charge in [0.15, 0.2) is 16.6 Å². The second-order valence-corrected chi connectivity index (χ2v) is 7.41. The highest BCUT2D eigenvalue weighted by Crippen LogP contribution is 2.45. The Labute approximate surface area is 150 Å². The van der Waals surface area contributed by atoms with Crippen molar-refractivity contribution in [3.8, 4) is 11.5 Å². The number of benzene rings is 1. The van der Waals surface area contributed by atoms with Gasteiger partial charge in [-0.25, -0.2) is 9.78 Å². The van der Waals surface area contributed by atoms with Crippen LogP contribution in [0.4, 0.5) is 14.3 Å². The fourth-order valence-electron chi connectivity index (χ4n) is 3.98. The number of anilines is 1. The van der Waals surface area contributed by atoms with Crippen LogP contribution in [-0.4, -0.2) is 42.6 Å². The first-order valence-corrected chi connectivity index (χ1v) is 8.92. The van der Waals surface area contributed by atoms with E-state index in [9.17, 15) is 9.18 Å². The van der Waals surface area contributed by atoms with E-state index in [-0.39, 0.29) is 18.9 Å². The zero-order chi connectivity index (χ0) is 17.8. The van der Waals surface area contributed by atoms with Gasteiger partial charge in [0, 0.05) is 4.91 Å². The SMILES string of the molecule is [N-]=[N+]=N[C@@H]1[C@@H](CF)C[C@@H]2[C@H]1NC(=O)N2c1nc2c3c(ccc2s1)OCO3.